The highest BCUT2D eigenvalue weighted by atomic mass is 16.7. The van der Waals surface area contributed by atoms with Gasteiger partial charge < -0.3 is 9.94 Å². The number of aliphatic carboxylic acids is 1. The summed E-state index contributed by atoms with van der Waals surface area (Å²) < 4.78 is 0. The lowest BCUT2D eigenvalue weighted by molar-refractivity contribution is -0.149. The zero-order chi connectivity index (χ0) is 10.4. The number of rotatable bonds is 4. The number of benzene rings is 1. The monoisotopic (exact) mass is 195 g/mol. The molecule has 1 aromatic rings. The lowest BCUT2D eigenvalue weighted by Crippen LogP contribution is -2.14. The molecular weight excluding hydrogens is 186 g/mol. The molecule has 1 rings (SSSR count). The second-order valence-corrected chi connectivity index (χ2v) is 2.51. The van der Waals surface area contributed by atoms with Crippen LogP contribution in [0.3, 0.4) is 0 Å². The first-order chi connectivity index (χ1) is 6.68. The molecule has 5 nitrogen and oxygen atoms in total. The summed E-state index contributed by atoms with van der Waals surface area (Å²) in [6.45, 7) is 0. The van der Waals surface area contributed by atoms with E-state index in [1.165, 1.54) is 0 Å². The third-order valence-corrected chi connectivity index (χ3v) is 1.35. The van der Waals surface area contributed by atoms with E-state index in [0.29, 0.717) is 5.69 Å². The van der Waals surface area contributed by atoms with Gasteiger partial charge in [0, 0.05) is 0 Å². The van der Waals surface area contributed by atoms with Gasteiger partial charge in [0.1, 0.15) is 6.42 Å². The number of carbonyl (C=O) groups excluding carboxylic acids is 1. The largest absolute Gasteiger partial charge is 0.481 e. The predicted octanol–water partition coefficient (Wildman–Crippen LogP) is 1.03. The van der Waals surface area contributed by atoms with Gasteiger partial charge in [-0.1, -0.05) is 18.2 Å². The molecule has 0 aliphatic heterocycles. The molecule has 0 atom stereocenters. The first kappa shape index (κ1) is 10.0. The molecule has 0 unspecified atom stereocenters. The minimum Gasteiger partial charge on any atom is -0.481 e. The molecule has 0 spiro atoms. The standard InChI is InChI=1S/C9H9NO4/c11-8(12)6-9(13)14-10-7-4-2-1-3-5-7/h1-5,10H,6H2,(H,11,12). The Hall–Kier alpha value is -2.04. The van der Waals surface area contributed by atoms with E-state index in [1.807, 2.05) is 6.07 Å². The molecule has 0 fully saturated rings. The van der Waals surface area contributed by atoms with Gasteiger partial charge in [-0.25, -0.2) is 10.3 Å². The topological polar surface area (TPSA) is 75.6 Å². The fourth-order valence-corrected chi connectivity index (χ4v) is 0.782. The summed E-state index contributed by atoms with van der Waals surface area (Å²) in [5, 5.41) is 8.25. The summed E-state index contributed by atoms with van der Waals surface area (Å²) in [5.41, 5.74) is 2.93. The van der Waals surface area contributed by atoms with Gasteiger partial charge in [-0.3, -0.25) is 4.79 Å². The van der Waals surface area contributed by atoms with Gasteiger partial charge in [-0.05, 0) is 12.1 Å². The van der Waals surface area contributed by atoms with E-state index in [2.05, 4.69) is 10.3 Å². The lowest BCUT2D eigenvalue weighted by atomic mass is 10.3. The number of carbonyl (C=O) groups is 2. The van der Waals surface area contributed by atoms with Crippen LogP contribution < -0.4 is 5.48 Å². The summed E-state index contributed by atoms with van der Waals surface area (Å²) in [5.74, 6) is -2.05. The van der Waals surface area contributed by atoms with Crippen molar-refractivity contribution in [1.82, 2.24) is 0 Å². The highest BCUT2D eigenvalue weighted by Gasteiger charge is 2.08. The number of nitrogens with one attached hydrogen (secondary N) is 1. The van der Waals surface area contributed by atoms with Crippen molar-refractivity contribution in [1.29, 1.82) is 0 Å². The van der Waals surface area contributed by atoms with E-state index in [-0.39, 0.29) is 0 Å². The van der Waals surface area contributed by atoms with Crippen molar-refractivity contribution < 1.29 is 19.5 Å². The van der Waals surface area contributed by atoms with Crippen LogP contribution in [0.25, 0.3) is 0 Å². The van der Waals surface area contributed by atoms with Crippen molar-refractivity contribution in [2.45, 2.75) is 6.42 Å². The Morgan fingerprint density at radius 3 is 2.50 bits per heavy atom. The fourth-order valence-electron chi connectivity index (χ4n) is 0.782. The van der Waals surface area contributed by atoms with E-state index in [4.69, 9.17) is 5.11 Å². The van der Waals surface area contributed by atoms with Crippen molar-refractivity contribution in [2.75, 3.05) is 5.48 Å². The quantitative estimate of drug-likeness (QED) is 0.554. The predicted molar refractivity (Wildman–Crippen MR) is 48.4 cm³/mol. The number of anilines is 1. The van der Waals surface area contributed by atoms with Crippen LogP contribution in [-0.4, -0.2) is 17.0 Å². The molecule has 0 radical (unpaired) electrons. The fraction of sp³-hybridized carbons (Fsp3) is 0.111. The molecule has 0 aliphatic rings. The Bertz CT molecular complexity index is 323. The summed E-state index contributed by atoms with van der Waals surface area (Å²) in [7, 11) is 0. The third kappa shape index (κ3) is 3.57. The molecule has 14 heavy (non-hydrogen) atoms. The average molecular weight is 195 g/mol. The number of carboxylic acid groups (broad SMARTS) is 1. The minimum atomic E-state index is -1.22. The van der Waals surface area contributed by atoms with E-state index in [1.54, 1.807) is 24.3 Å². The lowest BCUT2D eigenvalue weighted by Gasteiger charge is -2.04. The van der Waals surface area contributed by atoms with Crippen molar-refractivity contribution in [2.24, 2.45) is 0 Å². The number of carboxylic acids is 1. The van der Waals surface area contributed by atoms with Gasteiger partial charge in [0.15, 0.2) is 0 Å². The van der Waals surface area contributed by atoms with Crippen LogP contribution in [0.2, 0.25) is 0 Å². The van der Waals surface area contributed by atoms with Crippen LogP contribution in [0.4, 0.5) is 5.69 Å². The molecule has 0 saturated heterocycles. The number of para-hydroxylation sites is 1. The molecule has 0 saturated carbocycles. The second-order valence-electron chi connectivity index (χ2n) is 2.51. The SMILES string of the molecule is O=C(O)CC(=O)ONc1ccccc1. The second kappa shape index (κ2) is 4.86. The zero-order valence-electron chi connectivity index (χ0n) is 7.27. The van der Waals surface area contributed by atoms with Crippen molar-refractivity contribution in [3.8, 4) is 0 Å². The van der Waals surface area contributed by atoms with Crippen molar-refractivity contribution in [3.63, 3.8) is 0 Å². The maximum absolute atomic E-state index is 10.8. The van der Waals surface area contributed by atoms with E-state index < -0.39 is 18.4 Å². The first-order valence-electron chi connectivity index (χ1n) is 3.91. The normalized spacial score (nSPS) is 9.14. The summed E-state index contributed by atoms with van der Waals surface area (Å²) in [6.07, 6.45) is -0.653. The van der Waals surface area contributed by atoms with E-state index in [9.17, 15) is 9.59 Å². The summed E-state index contributed by atoms with van der Waals surface area (Å²) in [6, 6.07) is 8.70. The molecule has 74 valence electrons. The van der Waals surface area contributed by atoms with Gasteiger partial charge in [-0.2, -0.15) is 0 Å². The Morgan fingerprint density at radius 2 is 1.93 bits per heavy atom. The average Bonchev–Trinajstić information content (AvgIpc) is 2.15. The molecule has 0 aromatic heterocycles. The van der Waals surface area contributed by atoms with E-state index >= 15 is 0 Å². The molecular formula is C9H9NO4. The molecule has 0 bridgehead atoms. The Morgan fingerprint density at radius 1 is 1.29 bits per heavy atom. The Labute approximate surface area is 80.3 Å². The van der Waals surface area contributed by atoms with Crippen molar-refractivity contribution in [3.05, 3.63) is 30.3 Å². The molecule has 2 N–H and O–H groups in total. The van der Waals surface area contributed by atoms with Crippen LogP contribution >= 0.6 is 0 Å². The smallest absolute Gasteiger partial charge is 0.343 e. The minimum absolute atomic E-state index is 0.589. The van der Waals surface area contributed by atoms with Crippen LogP contribution in [0, 0.1) is 0 Å². The van der Waals surface area contributed by atoms with E-state index in [0.717, 1.165) is 0 Å². The Kier molecular flexibility index (Phi) is 3.49. The van der Waals surface area contributed by atoms with Gasteiger partial charge in [0.05, 0.1) is 5.69 Å². The maximum Gasteiger partial charge on any atom is 0.343 e. The van der Waals surface area contributed by atoms with Gasteiger partial charge >= 0.3 is 11.9 Å². The molecule has 5 heteroatoms. The molecule has 1 aromatic carbocycles. The summed E-state index contributed by atoms with van der Waals surface area (Å²) in [4.78, 5) is 25.3. The molecule has 0 heterocycles. The Balaban J connectivity index is 2.34. The van der Waals surface area contributed by atoms with Crippen LogP contribution in [0.15, 0.2) is 30.3 Å². The number of hydrogen-bond acceptors (Lipinski definition) is 4. The zero-order valence-corrected chi connectivity index (χ0v) is 7.27. The molecule has 0 amide bonds. The van der Waals surface area contributed by atoms with Crippen LogP contribution in [0.1, 0.15) is 6.42 Å². The van der Waals surface area contributed by atoms with Crippen LogP contribution in [-0.2, 0) is 14.4 Å². The van der Waals surface area contributed by atoms with Gasteiger partial charge in [-0.15, -0.1) is 0 Å². The van der Waals surface area contributed by atoms with Gasteiger partial charge in [0.2, 0.25) is 0 Å². The highest BCUT2D eigenvalue weighted by molar-refractivity contribution is 5.90. The van der Waals surface area contributed by atoms with Gasteiger partial charge in [0.25, 0.3) is 0 Å². The molecule has 0 aliphatic carbocycles. The first-order valence-corrected chi connectivity index (χ1v) is 3.91. The third-order valence-electron chi connectivity index (χ3n) is 1.35. The highest BCUT2D eigenvalue weighted by Crippen LogP contribution is 2.04. The van der Waals surface area contributed by atoms with Crippen molar-refractivity contribution >= 4 is 17.6 Å². The number of hydrogen-bond donors (Lipinski definition) is 2. The van der Waals surface area contributed by atoms with Crippen LogP contribution in [0.5, 0.6) is 0 Å². The summed E-state index contributed by atoms with van der Waals surface area (Å²) >= 11 is 0. The maximum atomic E-state index is 10.8.